The van der Waals surface area contributed by atoms with Gasteiger partial charge in [-0.1, -0.05) is 49.2 Å². The Morgan fingerprint density at radius 1 is 1.24 bits per heavy atom. The summed E-state index contributed by atoms with van der Waals surface area (Å²) in [4.78, 5) is 13.2. The standard InChI is InChI=1S/C23H27Cl2NO3/c1-2-3-17-4-9-21(24)19(14-17)16-29-20-7-5-18(6-8-20)22-15-26(12-13-28-22)11-10-23(25)27/h4-9,14,22H,2-3,10-13,15-16H2,1H3. The summed E-state index contributed by atoms with van der Waals surface area (Å²) < 4.78 is 11.9. The zero-order chi connectivity index (χ0) is 20.6. The topological polar surface area (TPSA) is 38.8 Å². The number of hydrogen-bond acceptors (Lipinski definition) is 4. The van der Waals surface area contributed by atoms with E-state index < -0.39 is 0 Å². The second kappa shape index (κ2) is 11.0. The Morgan fingerprint density at radius 3 is 2.76 bits per heavy atom. The van der Waals surface area contributed by atoms with Crippen molar-refractivity contribution < 1.29 is 14.3 Å². The first kappa shape index (κ1) is 22.1. The van der Waals surface area contributed by atoms with E-state index in [0.29, 0.717) is 26.2 Å². The molecule has 0 aromatic heterocycles. The van der Waals surface area contributed by atoms with Gasteiger partial charge in [-0.3, -0.25) is 9.69 Å². The fraction of sp³-hybridized carbons (Fsp3) is 0.435. The van der Waals surface area contributed by atoms with Gasteiger partial charge in [0.2, 0.25) is 5.24 Å². The van der Waals surface area contributed by atoms with Crippen LogP contribution in [0.15, 0.2) is 42.5 Å². The minimum atomic E-state index is -0.296. The first-order valence-corrected chi connectivity index (χ1v) is 10.8. The SMILES string of the molecule is CCCc1ccc(Cl)c(COc2ccc(C3CN(CCC(=O)Cl)CCO3)cc2)c1. The lowest BCUT2D eigenvalue weighted by atomic mass is 10.1. The molecule has 156 valence electrons. The molecule has 1 heterocycles. The molecule has 1 fully saturated rings. The van der Waals surface area contributed by atoms with E-state index in [0.717, 1.165) is 47.8 Å². The lowest BCUT2D eigenvalue weighted by molar-refractivity contribution is -0.112. The number of benzene rings is 2. The molecule has 1 atom stereocenters. The van der Waals surface area contributed by atoms with Gasteiger partial charge in [-0.15, -0.1) is 0 Å². The Kier molecular flexibility index (Phi) is 8.37. The van der Waals surface area contributed by atoms with Gasteiger partial charge in [0.1, 0.15) is 12.4 Å². The van der Waals surface area contributed by atoms with Gasteiger partial charge in [0, 0.05) is 36.6 Å². The first-order chi connectivity index (χ1) is 14.0. The number of aryl methyl sites for hydroxylation is 1. The molecule has 1 aliphatic rings. The van der Waals surface area contributed by atoms with Crippen LogP contribution in [0.1, 0.15) is 42.6 Å². The molecule has 6 heteroatoms. The molecule has 0 bridgehead atoms. The van der Waals surface area contributed by atoms with E-state index in [1.807, 2.05) is 30.3 Å². The van der Waals surface area contributed by atoms with Crippen LogP contribution in [0, 0.1) is 0 Å². The van der Waals surface area contributed by atoms with E-state index in [2.05, 4.69) is 24.0 Å². The monoisotopic (exact) mass is 435 g/mol. The molecule has 3 rings (SSSR count). The maximum Gasteiger partial charge on any atom is 0.222 e. The molecule has 0 spiro atoms. The number of nitrogens with zero attached hydrogens (tertiary/aromatic N) is 1. The molecule has 0 amide bonds. The van der Waals surface area contributed by atoms with Crippen LogP contribution in [-0.2, 0) is 22.6 Å². The molecule has 2 aromatic rings. The summed E-state index contributed by atoms with van der Waals surface area (Å²) in [6.07, 6.45) is 2.49. The van der Waals surface area contributed by atoms with E-state index in [-0.39, 0.29) is 11.3 Å². The number of carbonyl (C=O) groups excluding carboxylic acids is 1. The fourth-order valence-corrected chi connectivity index (χ4v) is 3.73. The van der Waals surface area contributed by atoms with Crippen LogP contribution in [0.2, 0.25) is 5.02 Å². The lowest BCUT2D eigenvalue weighted by Gasteiger charge is -2.32. The second-order valence-corrected chi connectivity index (χ2v) is 8.13. The Morgan fingerprint density at radius 2 is 2.03 bits per heavy atom. The lowest BCUT2D eigenvalue weighted by Crippen LogP contribution is -2.39. The molecule has 1 unspecified atom stereocenters. The van der Waals surface area contributed by atoms with Crippen molar-refractivity contribution in [2.24, 2.45) is 0 Å². The summed E-state index contributed by atoms with van der Waals surface area (Å²) >= 11 is 11.8. The van der Waals surface area contributed by atoms with Crippen LogP contribution in [0.4, 0.5) is 0 Å². The van der Waals surface area contributed by atoms with Gasteiger partial charge in [-0.2, -0.15) is 0 Å². The minimum Gasteiger partial charge on any atom is -0.489 e. The maximum absolute atomic E-state index is 11.0. The van der Waals surface area contributed by atoms with Gasteiger partial charge < -0.3 is 9.47 Å². The zero-order valence-electron chi connectivity index (χ0n) is 16.7. The van der Waals surface area contributed by atoms with Crippen molar-refractivity contribution in [2.75, 3.05) is 26.2 Å². The molecule has 0 radical (unpaired) electrons. The van der Waals surface area contributed by atoms with Gasteiger partial charge in [0.05, 0.1) is 12.7 Å². The second-order valence-electron chi connectivity index (χ2n) is 7.30. The Bertz CT molecular complexity index is 810. The van der Waals surface area contributed by atoms with E-state index in [9.17, 15) is 4.79 Å². The molecule has 1 aliphatic heterocycles. The van der Waals surface area contributed by atoms with Crippen molar-refractivity contribution in [1.82, 2.24) is 4.90 Å². The molecule has 0 aliphatic carbocycles. The van der Waals surface area contributed by atoms with Crippen molar-refractivity contribution in [3.05, 3.63) is 64.2 Å². The minimum absolute atomic E-state index is 0.0107. The number of hydrogen-bond donors (Lipinski definition) is 0. The van der Waals surface area contributed by atoms with Crippen LogP contribution in [0.3, 0.4) is 0 Å². The summed E-state index contributed by atoms with van der Waals surface area (Å²) in [6.45, 7) is 5.49. The van der Waals surface area contributed by atoms with Crippen LogP contribution in [-0.4, -0.2) is 36.4 Å². The number of ether oxygens (including phenoxy) is 2. The first-order valence-electron chi connectivity index (χ1n) is 10.1. The Labute approximate surface area is 182 Å². The van der Waals surface area contributed by atoms with Crippen LogP contribution in [0.5, 0.6) is 5.75 Å². The van der Waals surface area contributed by atoms with E-state index in [1.54, 1.807) is 0 Å². The summed E-state index contributed by atoms with van der Waals surface area (Å²) in [7, 11) is 0. The molecule has 1 saturated heterocycles. The van der Waals surface area contributed by atoms with Gasteiger partial charge in [-0.05, 0) is 47.3 Å². The molecule has 4 nitrogen and oxygen atoms in total. The van der Waals surface area contributed by atoms with Crippen LogP contribution >= 0.6 is 23.2 Å². The van der Waals surface area contributed by atoms with Gasteiger partial charge in [-0.25, -0.2) is 0 Å². The highest BCUT2D eigenvalue weighted by atomic mass is 35.5. The quantitative estimate of drug-likeness (QED) is 0.494. The summed E-state index contributed by atoms with van der Waals surface area (Å²) in [6, 6.07) is 14.1. The Hall–Kier alpha value is -1.59. The third-order valence-corrected chi connectivity index (χ3v) is 5.63. The van der Waals surface area contributed by atoms with Crippen molar-refractivity contribution >= 4 is 28.4 Å². The molecule has 0 saturated carbocycles. The maximum atomic E-state index is 11.0. The van der Waals surface area contributed by atoms with E-state index >= 15 is 0 Å². The Balaban J connectivity index is 1.56. The zero-order valence-corrected chi connectivity index (χ0v) is 18.2. The van der Waals surface area contributed by atoms with E-state index in [1.165, 1.54) is 5.56 Å². The smallest absolute Gasteiger partial charge is 0.222 e. The number of halogens is 2. The number of rotatable bonds is 9. The highest BCUT2D eigenvalue weighted by Gasteiger charge is 2.22. The molecular formula is C23H27Cl2NO3. The average Bonchev–Trinajstić information content (AvgIpc) is 2.73. The molecular weight excluding hydrogens is 409 g/mol. The van der Waals surface area contributed by atoms with Crippen molar-refractivity contribution in [2.45, 2.75) is 38.9 Å². The third kappa shape index (κ3) is 6.71. The predicted octanol–water partition coefficient (Wildman–Crippen LogP) is 5.40. The molecule has 0 N–H and O–H groups in total. The van der Waals surface area contributed by atoms with Gasteiger partial charge in [0.15, 0.2) is 0 Å². The number of carbonyl (C=O) groups is 1. The van der Waals surface area contributed by atoms with Crippen molar-refractivity contribution in [3.63, 3.8) is 0 Å². The molecule has 2 aromatic carbocycles. The largest absolute Gasteiger partial charge is 0.489 e. The average molecular weight is 436 g/mol. The fourth-order valence-electron chi connectivity index (χ4n) is 3.48. The van der Waals surface area contributed by atoms with Crippen LogP contribution in [0.25, 0.3) is 0 Å². The van der Waals surface area contributed by atoms with Crippen molar-refractivity contribution in [1.29, 1.82) is 0 Å². The summed E-state index contributed by atoms with van der Waals surface area (Å²) in [5.41, 5.74) is 3.38. The summed E-state index contributed by atoms with van der Waals surface area (Å²) in [5, 5.41) is 0.433. The normalized spacial score (nSPS) is 17.3. The van der Waals surface area contributed by atoms with Gasteiger partial charge >= 0.3 is 0 Å². The number of morpholine rings is 1. The van der Waals surface area contributed by atoms with Crippen LogP contribution < -0.4 is 4.74 Å². The van der Waals surface area contributed by atoms with Crippen molar-refractivity contribution in [3.8, 4) is 5.75 Å². The van der Waals surface area contributed by atoms with Gasteiger partial charge in [0.25, 0.3) is 0 Å². The third-order valence-electron chi connectivity index (χ3n) is 5.07. The molecule has 29 heavy (non-hydrogen) atoms. The van der Waals surface area contributed by atoms with E-state index in [4.69, 9.17) is 32.7 Å². The summed E-state index contributed by atoms with van der Waals surface area (Å²) in [5.74, 6) is 0.797. The highest BCUT2D eigenvalue weighted by molar-refractivity contribution is 6.63. The predicted molar refractivity (Wildman–Crippen MR) is 117 cm³/mol. The highest BCUT2D eigenvalue weighted by Crippen LogP contribution is 2.26.